The quantitative estimate of drug-likeness (QED) is 0.637. The molecule has 4 N–H and O–H groups in total. The molecule has 2 aliphatic heterocycles. The predicted molar refractivity (Wildman–Crippen MR) is 110 cm³/mol. The molecular formula is C21H24FN7O2. The van der Waals surface area contributed by atoms with Crippen LogP contribution in [-0.2, 0) is 17.7 Å². The molecule has 1 aromatic heterocycles. The Balaban J connectivity index is 1.39. The lowest BCUT2D eigenvalue weighted by Crippen LogP contribution is -2.46. The Bertz CT molecular complexity index is 1000. The SMILES string of the molecule is N#Cc1ccc([C@@H](N)NC(=O)N2CCc3cnc(NC4CCOCC4)nc3C2)cc1F. The van der Waals surface area contributed by atoms with E-state index in [2.05, 4.69) is 20.6 Å². The molecule has 0 radical (unpaired) electrons. The van der Waals surface area contributed by atoms with Crippen molar-refractivity contribution in [3.8, 4) is 6.07 Å². The number of halogens is 1. The van der Waals surface area contributed by atoms with Gasteiger partial charge < -0.3 is 26.0 Å². The molecule has 3 heterocycles. The average molecular weight is 425 g/mol. The number of nitriles is 1. The van der Waals surface area contributed by atoms with Crippen LogP contribution in [-0.4, -0.2) is 46.7 Å². The molecule has 0 unspecified atom stereocenters. The van der Waals surface area contributed by atoms with Gasteiger partial charge in [0.2, 0.25) is 5.95 Å². The number of ether oxygens (including phenoxy) is 1. The van der Waals surface area contributed by atoms with Crippen molar-refractivity contribution in [1.82, 2.24) is 20.2 Å². The predicted octanol–water partition coefficient (Wildman–Crippen LogP) is 1.80. The summed E-state index contributed by atoms with van der Waals surface area (Å²) in [6.07, 6.45) is 3.37. The molecule has 9 nitrogen and oxygen atoms in total. The lowest BCUT2D eigenvalue weighted by molar-refractivity contribution is 0.0903. The van der Waals surface area contributed by atoms with Gasteiger partial charge in [-0.1, -0.05) is 6.07 Å². The lowest BCUT2D eigenvalue weighted by atomic mass is 10.1. The van der Waals surface area contributed by atoms with Gasteiger partial charge in [-0.2, -0.15) is 5.26 Å². The van der Waals surface area contributed by atoms with Gasteiger partial charge in [-0.3, -0.25) is 0 Å². The first-order chi connectivity index (χ1) is 15.0. The first-order valence-electron chi connectivity index (χ1n) is 10.2. The number of hydrogen-bond donors (Lipinski definition) is 3. The van der Waals surface area contributed by atoms with Crippen LogP contribution < -0.4 is 16.4 Å². The first kappa shape index (κ1) is 21.0. The van der Waals surface area contributed by atoms with Gasteiger partial charge in [-0.25, -0.2) is 19.2 Å². The van der Waals surface area contributed by atoms with Crippen LogP contribution in [0.4, 0.5) is 15.1 Å². The number of carbonyl (C=O) groups excluding carboxylic acids is 1. The van der Waals surface area contributed by atoms with Crippen LogP contribution in [0.5, 0.6) is 0 Å². The molecule has 0 aliphatic carbocycles. The number of hydrogen-bond acceptors (Lipinski definition) is 7. The van der Waals surface area contributed by atoms with Gasteiger partial charge >= 0.3 is 6.03 Å². The topological polar surface area (TPSA) is 129 Å². The van der Waals surface area contributed by atoms with E-state index in [-0.39, 0.29) is 17.6 Å². The zero-order valence-corrected chi connectivity index (χ0v) is 17.0. The molecule has 0 bridgehead atoms. The summed E-state index contributed by atoms with van der Waals surface area (Å²) in [6.45, 7) is 2.28. The number of nitrogens with one attached hydrogen (secondary N) is 2. The second kappa shape index (κ2) is 9.24. The Morgan fingerprint density at radius 1 is 1.39 bits per heavy atom. The molecule has 1 saturated heterocycles. The van der Waals surface area contributed by atoms with Gasteiger partial charge in [0, 0.05) is 32.0 Å². The molecule has 10 heteroatoms. The van der Waals surface area contributed by atoms with E-state index >= 15 is 0 Å². The zero-order chi connectivity index (χ0) is 21.8. The van der Waals surface area contributed by atoms with Crippen LogP contribution in [0, 0.1) is 17.1 Å². The largest absolute Gasteiger partial charge is 0.381 e. The first-order valence-corrected chi connectivity index (χ1v) is 10.2. The highest BCUT2D eigenvalue weighted by molar-refractivity contribution is 5.75. The van der Waals surface area contributed by atoms with Crippen molar-refractivity contribution in [2.24, 2.45) is 5.73 Å². The van der Waals surface area contributed by atoms with Crippen molar-refractivity contribution in [3.63, 3.8) is 0 Å². The third-order valence-corrected chi connectivity index (χ3v) is 5.54. The number of fused-ring (bicyclic) bond motifs is 1. The van der Waals surface area contributed by atoms with Crippen LogP contribution in [0.15, 0.2) is 24.4 Å². The van der Waals surface area contributed by atoms with Crippen LogP contribution in [0.25, 0.3) is 0 Å². The van der Waals surface area contributed by atoms with Gasteiger partial charge in [0.1, 0.15) is 18.1 Å². The molecule has 1 fully saturated rings. The van der Waals surface area contributed by atoms with Crippen molar-refractivity contribution >= 4 is 12.0 Å². The number of nitrogens with two attached hydrogens (primary N) is 1. The Kier molecular flexibility index (Phi) is 6.25. The molecule has 2 aromatic rings. The van der Waals surface area contributed by atoms with Gasteiger partial charge in [0.05, 0.1) is 17.8 Å². The highest BCUT2D eigenvalue weighted by atomic mass is 19.1. The summed E-state index contributed by atoms with van der Waals surface area (Å²) < 4.78 is 19.2. The van der Waals surface area contributed by atoms with Gasteiger partial charge in [-0.15, -0.1) is 0 Å². The van der Waals surface area contributed by atoms with E-state index < -0.39 is 12.0 Å². The fourth-order valence-electron chi connectivity index (χ4n) is 3.69. The Morgan fingerprint density at radius 3 is 2.94 bits per heavy atom. The number of anilines is 1. The number of benzene rings is 1. The van der Waals surface area contributed by atoms with E-state index in [0.717, 1.165) is 43.4 Å². The smallest absolute Gasteiger partial charge is 0.319 e. The van der Waals surface area contributed by atoms with Gasteiger partial charge in [0.15, 0.2) is 0 Å². The third kappa shape index (κ3) is 4.90. The van der Waals surface area contributed by atoms with E-state index in [1.54, 1.807) is 11.0 Å². The average Bonchev–Trinajstić information content (AvgIpc) is 2.79. The highest BCUT2D eigenvalue weighted by Crippen LogP contribution is 2.20. The van der Waals surface area contributed by atoms with E-state index in [1.807, 2.05) is 6.20 Å². The van der Waals surface area contributed by atoms with E-state index in [9.17, 15) is 9.18 Å². The van der Waals surface area contributed by atoms with Crippen molar-refractivity contribution in [2.75, 3.05) is 25.1 Å². The molecule has 0 spiro atoms. The van der Waals surface area contributed by atoms with Crippen LogP contribution in [0.1, 0.15) is 41.4 Å². The van der Waals surface area contributed by atoms with Crippen LogP contribution in [0.2, 0.25) is 0 Å². The standard InChI is InChI=1S/C21H24FN7O2/c22-17-9-13(1-2-14(17)10-23)19(24)28-21(30)29-6-3-15-11-25-20(27-18(15)12-29)26-16-4-7-31-8-5-16/h1-2,9,11,16,19H,3-8,12,24H2,(H,28,30)(H,25,26,27)/t19-/m0/s1. The molecule has 0 saturated carbocycles. The van der Waals surface area contributed by atoms with Crippen LogP contribution in [0.3, 0.4) is 0 Å². The molecule has 2 aliphatic rings. The zero-order valence-electron chi connectivity index (χ0n) is 17.0. The lowest BCUT2D eigenvalue weighted by Gasteiger charge is -2.30. The summed E-state index contributed by atoms with van der Waals surface area (Å²) >= 11 is 0. The minimum absolute atomic E-state index is 0.0697. The summed E-state index contributed by atoms with van der Waals surface area (Å²) in [5.74, 6) is -0.115. The number of rotatable bonds is 4. The molecule has 1 atom stereocenters. The van der Waals surface area contributed by atoms with Gasteiger partial charge in [0.25, 0.3) is 0 Å². The maximum atomic E-state index is 13.8. The number of amides is 2. The summed E-state index contributed by atoms with van der Waals surface area (Å²) in [7, 11) is 0. The number of nitrogens with zero attached hydrogens (tertiary/aromatic N) is 4. The monoisotopic (exact) mass is 425 g/mol. The summed E-state index contributed by atoms with van der Waals surface area (Å²) in [5, 5.41) is 14.9. The third-order valence-electron chi connectivity index (χ3n) is 5.54. The Labute approximate surface area is 179 Å². The van der Waals surface area contributed by atoms with Crippen molar-refractivity contribution in [3.05, 3.63) is 52.6 Å². The van der Waals surface area contributed by atoms with Gasteiger partial charge in [-0.05, 0) is 42.5 Å². The van der Waals surface area contributed by atoms with Crippen molar-refractivity contribution < 1.29 is 13.9 Å². The number of urea groups is 1. The van der Waals surface area contributed by atoms with Crippen molar-refractivity contribution in [1.29, 1.82) is 5.26 Å². The second-order valence-corrected chi connectivity index (χ2v) is 7.65. The second-order valence-electron chi connectivity index (χ2n) is 7.65. The Morgan fingerprint density at radius 2 is 2.19 bits per heavy atom. The Hall–Kier alpha value is -3.29. The fourth-order valence-corrected chi connectivity index (χ4v) is 3.69. The fraction of sp³-hybridized carbons (Fsp3) is 0.429. The summed E-state index contributed by atoms with van der Waals surface area (Å²) in [4.78, 5) is 23.4. The minimum atomic E-state index is -0.896. The molecule has 4 rings (SSSR count). The molecule has 31 heavy (non-hydrogen) atoms. The van der Waals surface area contributed by atoms with E-state index in [1.165, 1.54) is 12.1 Å². The highest BCUT2D eigenvalue weighted by Gasteiger charge is 2.24. The van der Waals surface area contributed by atoms with Crippen LogP contribution >= 0.6 is 0 Å². The summed E-state index contributed by atoms with van der Waals surface area (Å²) in [5.41, 5.74) is 8.15. The van der Waals surface area contributed by atoms with Crippen molar-refractivity contribution in [2.45, 2.75) is 38.0 Å². The molecule has 1 aromatic carbocycles. The molecule has 2 amide bonds. The normalized spacial score (nSPS) is 17.4. The number of aromatic nitrogens is 2. The maximum absolute atomic E-state index is 13.8. The number of carbonyl (C=O) groups is 1. The van der Waals surface area contributed by atoms with E-state index in [0.29, 0.717) is 31.0 Å². The minimum Gasteiger partial charge on any atom is -0.381 e. The molecule has 162 valence electrons. The maximum Gasteiger partial charge on any atom is 0.319 e. The van der Waals surface area contributed by atoms with E-state index in [4.69, 9.17) is 15.7 Å². The summed E-state index contributed by atoms with van der Waals surface area (Å²) in [6, 6.07) is 5.71. The molecular weight excluding hydrogens is 401 g/mol.